The molecule has 2 aliphatic rings. The van der Waals surface area contributed by atoms with Crippen LogP contribution in [0.4, 0.5) is 0 Å². The van der Waals surface area contributed by atoms with Gasteiger partial charge in [-0.25, -0.2) is 0 Å². The molecule has 0 spiro atoms. The molecular formula is C17H35N3. The van der Waals surface area contributed by atoms with Gasteiger partial charge in [0.1, 0.15) is 0 Å². The predicted octanol–water partition coefficient (Wildman–Crippen LogP) is 2.70. The van der Waals surface area contributed by atoms with Gasteiger partial charge in [0.25, 0.3) is 0 Å². The van der Waals surface area contributed by atoms with Crippen molar-refractivity contribution in [1.82, 2.24) is 9.80 Å². The Morgan fingerprint density at radius 1 is 1.10 bits per heavy atom. The quantitative estimate of drug-likeness (QED) is 0.812. The Hall–Kier alpha value is -0.120. The van der Waals surface area contributed by atoms with Gasteiger partial charge in [-0.3, -0.25) is 9.80 Å². The number of nitrogens with two attached hydrogens (primary N) is 1. The van der Waals surface area contributed by atoms with E-state index in [1.165, 1.54) is 64.7 Å². The lowest BCUT2D eigenvalue weighted by Crippen LogP contribution is -2.59. The van der Waals surface area contributed by atoms with Crippen LogP contribution < -0.4 is 5.73 Å². The van der Waals surface area contributed by atoms with E-state index in [4.69, 9.17) is 5.73 Å². The van der Waals surface area contributed by atoms with Crippen LogP contribution >= 0.6 is 0 Å². The Morgan fingerprint density at radius 3 is 2.20 bits per heavy atom. The van der Waals surface area contributed by atoms with E-state index in [1.807, 2.05) is 0 Å². The molecule has 3 nitrogen and oxygen atoms in total. The van der Waals surface area contributed by atoms with E-state index in [2.05, 4.69) is 30.6 Å². The first-order valence-corrected chi connectivity index (χ1v) is 8.74. The Morgan fingerprint density at radius 2 is 1.70 bits per heavy atom. The highest BCUT2D eigenvalue weighted by molar-refractivity contribution is 4.92. The summed E-state index contributed by atoms with van der Waals surface area (Å²) < 4.78 is 0. The van der Waals surface area contributed by atoms with Gasteiger partial charge in [0, 0.05) is 44.3 Å². The fourth-order valence-corrected chi connectivity index (χ4v) is 3.89. The minimum atomic E-state index is 0.214. The van der Waals surface area contributed by atoms with Crippen LogP contribution in [0, 0.1) is 5.92 Å². The maximum absolute atomic E-state index is 6.13. The zero-order valence-electron chi connectivity index (χ0n) is 13.9. The van der Waals surface area contributed by atoms with Crippen molar-refractivity contribution >= 4 is 0 Å². The summed E-state index contributed by atoms with van der Waals surface area (Å²) in [4.78, 5) is 5.41. The predicted molar refractivity (Wildman–Crippen MR) is 86.9 cm³/mol. The van der Waals surface area contributed by atoms with E-state index in [1.54, 1.807) is 0 Å². The fraction of sp³-hybridized carbons (Fsp3) is 1.00. The summed E-state index contributed by atoms with van der Waals surface area (Å²) >= 11 is 0. The molecule has 3 heteroatoms. The van der Waals surface area contributed by atoms with Crippen molar-refractivity contribution in [1.29, 1.82) is 0 Å². The smallest absolute Gasteiger partial charge is 0.0304 e. The number of hydrogen-bond donors (Lipinski definition) is 1. The summed E-state index contributed by atoms with van der Waals surface area (Å²) in [5.41, 5.74) is 6.34. The van der Waals surface area contributed by atoms with Gasteiger partial charge in [0.2, 0.25) is 0 Å². The third kappa shape index (κ3) is 3.96. The van der Waals surface area contributed by atoms with Crippen LogP contribution in [0.3, 0.4) is 0 Å². The molecule has 1 saturated heterocycles. The summed E-state index contributed by atoms with van der Waals surface area (Å²) in [6, 6.07) is 0.886. The highest BCUT2D eigenvalue weighted by atomic mass is 15.3. The van der Waals surface area contributed by atoms with Gasteiger partial charge in [-0.1, -0.05) is 26.7 Å². The first kappa shape index (κ1) is 16.3. The lowest BCUT2D eigenvalue weighted by Gasteiger charge is -2.47. The van der Waals surface area contributed by atoms with Gasteiger partial charge in [-0.2, -0.15) is 0 Å². The van der Waals surface area contributed by atoms with Crippen molar-refractivity contribution in [3.63, 3.8) is 0 Å². The van der Waals surface area contributed by atoms with Crippen LogP contribution in [0.15, 0.2) is 0 Å². The monoisotopic (exact) mass is 281 g/mol. The van der Waals surface area contributed by atoms with Crippen molar-refractivity contribution in [2.75, 3.05) is 32.7 Å². The molecule has 1 unspecified atom stereocenters. The molecule has 1 heterocycles. The average molecular weight is 281 g/mol. The molecule has 2 rings (SSSR count). The molecule has 1 saturated carbocycles. The molecule has 1 atom stereocenters. The molecule has 0 radical (unpaired) electrons. The molecule has 2 fully saturated rings. The van der Waals surface area contributed by atoms with Crippen molar-refractivity contribution in [3.8, 4) is 0 Å². The summed E-state index contributed by atoms with van der Waals surface area (Å²) in [7, 11) is 0. The zero-order valence-corrected chi connectivity index (χ0v) is 13.9. The van der Waals surface area contributed by atoms with Gasteiger partial charge in [-0.15, -0.1) is 0 Å². The third-order valence-corrected chi connectivity index (χ3v) is 5.62. The number of hydrogen-bond acceptors (Lipinski definition) is 3. The summed E-state index contributed by atoms with van der Waals surface area (Å²) in [6.07, 6.45) is 8.28. The molecule has 1 aliphatic carbocycles. The van der Waals surface area contributed by atoms with E-state index in [0.717, 1.165) is 18.5 Å². The van der Waals surface area contributed by atoms with Crippen LogP contribution in [0.2, 0.25) is 0 Å². The molecular weight excluding hydrogens is 246 g/mol. The van der Waals surface area contributed by atoms with E-state index < -0.39 is 0 Å². The minimum absolute atomic E-state index is 0.214. The van der Waals surface area contributed by atoms with E-state index in [0.29, 0.717) is 0 Å². The lowest BCUT2D eigenvalue weighted by atomic mass is 9.89. The van der Waals surface area contributed by atoms with E-state index in [-0.39, 0.29) is 5.54 Å². The first-order valence-electron chi connectivity index (χ1n) is 8.74. The van der Waals surface area contributed by atoms with Crippen molar-refractivity contribution in [2.45, 2.75) is 70.9 Å². The second-order valence-corrected chi connectivity index (χ2v) is 7.59. The standard InChI is InChI=1S/C17H35N3/c1-15(2)8-9-17(3,14-18)20-12-10-19(11-13-20)16-6-4-5-7-16/h15-16H,4-14,18H2,1-3H3. The second-order valence-electron chi connectivity index (χ2n) is 7.59. The largest absolute Gasteiger partial charge is 0.329 e. The first-order chi connectivity index (χ1) is 9.55. The molecule has 2 N–H and O–H groups in total. The number of rotatable bonds is 6. The summed E-state index contributed by atoms with van der Waals surface area (Å²) in [5, 5.41) is 0. The number of nitrogens with zero attached hydrogens (tertiary/aromatic N) is 2. The molecule has 0 bridgehead atoms. The highest BCUT2D eigenvalue weighted by Crippen LogP contribution is 2.28. The van der Waals surface area contributed by atoms with Crippen molar-refractivity contribution < 1.29 is 0 Å². The van der Waals surface area contributed by atoms with Gasteiger partial charge in [-0.05, 0) is 38.5 Å². The second kappa shape index (κ2) is 7.24. The maximum Gasteiger partial charge on any atom is 0.0304 e. The molecule has 118 valence electrons. The van der Waals surface area contributed by atoms with Crippen LogP contribution in [-0.2, 0) is 0 Å². The van der Waals surface area contributed by atoms with Gasteiger partial charge in [0.05, 0.1) is 0 Å². The van der Waals surface area contributed by atoms with Crippen LogP contribution in [0.1, 0.15) is 59.3 Å². The van der Waals surface area contributed by atoms with Crippen LogP contribution in [0.5, 0.6) is 0 Å². The normalized spacial score (nSPS) is 26.2. The van der Waals surface area contributed by atoms with Crippen LogP contribution in [0.25, 0.3) is 0 Å². The Labute approximate surface area is 125 Å². The van der Waals surface area contributed by atoms with Crippen molar-refractivity contribution in [3.05, 3.63) is 0 Å². The average Bonchev–Trinajstić information content (AvgIpc) is 2.99. The van der Waals surface area contributed by atoms with E-state index >= 15 is 0 Å². The van der Waals surface area contributed by atoms with Gasteiger partial charge < -0.3 is 5.73 Å². The Bertz CT molecular complexity index is 278. The number of piperazine rings is 1. The molecule has 20 heavy (non-hydrogen) atoms. The third-order valence-electron chi connectivity index (χ3n) is 5.62. The highest BCUT2D eigenvalue weighted by Gasteiger charge is 2.34. The zero-order chi connectivity index (χ0) is 14.6. The lowest BCUT2D eigenvalue weighted by molar-refractivity contribution is 0.0237. The molecule has 0 aromatic rings. The Kier molecular flexibility index (Phi) is 5.88. The molecule has 1 aliphatic heterocycles. The maximum atomic E-state index is 6.13. The fourth-order valence-electron chi connectivity index (χ4n) is 3.89. The van der Waals surface area contributed by atoms with Crippen LogP contribution in [-0.4, -0.2) is 54.1 Å². The molecule has 0 aromatic heterocycles. The summed E-state index contributed by atoms with van der Waals surface area (Å²) in [6.45, 7) is 12.7. The molecule has 0 amide bonds. The topological polar surface area (TPSA) is 32.5 Å². The van der Waals surface area contributed by atoms with E-state index in [9.17, 15) is 0 Å². The van der Waals surface area contributed by atoms with Gasteiger partial charge >= 0.3 is 0 Å². The summed E-state index contributed by atoms with van der Waals surface area (Å²) in [5.74, 6) is 0.778. The van der Waals surface area contributed by atoms with Crippen molar-refractivity contribution in [2.24, 2.45) is 11.7 Å². The minimum Gasteiger partial charge on any atom is -0.329 e. The van der Waals surface area contributed by atoms with Gasteiger partial charge in [0.15, 0.2) is 0 Å². The molecule has 0 aromatic carbocycles. The Balaban J connectivity index is 1.83. The SMILES string of the molecule is CC(C)CCC(C)(CN)N1CCN(C2CCCC2)CC1.